The van der Waals surface area contributed by atoms with Crippen molar-refractivity contribution in [1.82, 2.24) is 4.90 Å². The second-order valence-electron chi connectivity index (χ2n) is 4.16. The van der Waals surface area contributed by atoms with Crippen molar-refractivity contribution in [1.29, 1.82) is 0 Å². The molecule has 0 aliphatic carbocycles. The maximum Gasteiger partial charge on any atom is 0.224 e. The lowest BCUT2D eigenvalue weighted by atomic mass is 10.0. The molecule has 0 radical (unpaired) electrons. The van der Waals surface area contributed by atoms with Gasteiger partial charge in [0.15, 0.2) is 0 Å². The Kier molecular flexibility index (Phi) is 2.83. The van der Waals surface area contributed by atoms with Gasteiger partial charge in [-0.15, -0.1) is 0 Å². The first-order valence-corrected chi connectivity index (χ1v) is 5.54. The van der Waals surface area contributed by atoms with E-state index in [2.05, 4.69) is 0 Å². The van der Waals surface area contributed by atoms with Gasteiger partial charge in [0.25, 0.3) is 0 Å². The van der Waals surface area contributed by atoms with E-state index in [-0.39, 0.29) is 18.0 Å². The number of rotatable bonds is 2. The largest absolute Gasteiger partial charge is 0.399 e. The van der Waals surface area contributed by atoms with Crippen LogP contribution in [0, 0.1) is 0 Å². The molecule has 4 nitrogen and oxygen atoms in total. The normalized spacial score (nSPS) is 25.1. The monoisotopic (exact) mass is 219 g/mol. The fourth-order valence-electron chi connectivity index (χ4n) is 2.31. The van der Waals surface area contributed by atoms with Crippen LogP contribution < -0.4 is 11.5 Å². The first-order valence-electron chi connectivity index (χ1n) is 5.54. The Morgan fingerprint density at radius 1 is 1.38 bits per heavy atom. The summed E-state index contributed by atoms with van der Waals surface area (Å²) in [5.74, 6) is 0.136. The molecule has 1 saturated heterocycles. The van der Waals surface area contributed by atoms with Crippen LogP contribution in [0.4, 0.5) is 5.69 Å². The molecule has 1 aromatic rings. The highest BCUT2D eigenvalue weighted by molar-refractivity contribution is 5.80. The number of carbonyl (C=O) groups excluding carboxylic acids is 1. The molecule has 1 aromatic carbocycles. The van der Waals surface area contributed by atoms with Crippen LogP contribution >= 0.6 is 0 Å². The van der Waals surface area contributed by atoms with Crippen molar-refractivity contribution in [2.75, 3.05) is 12.3 Å². The molecular formula is C12H17N3O. The van der Waals surface area contributed by atoms with Crippen LogP contribution in [-0.2, 0) is 4.79 Å². The van der Waals surface area contributed by atoms with Gasteiger partial charge in [-0.2, -0.15) is 0 Å². The SMILES string of the molecule is CCN1C(=O)C[C@H](N)[C@H]1c1ccc(N)cc1. The number of hydrogen-bond acceptors (Lipinski definition) is 3. The lowest BCUT2D eigenvalue weighted by Gasteiger charge is -2.26. The molecule has 4 heteroatoms. The number of nitrogens with two attached hydrogens (primary N) is 2. The molecule has 0 aromatic heterocycles. The second kappa shape index (κ2) is 4.14. The first-order chi connectivity index (χ1) is 7.63. The average Bonchev–Trinajstić information content (AvgIpc) is 2.54. The summed E-state index contributed by atoms with van der Waals surface area (Å²) < 4.78 is 0. The van der Waals surface area contributed by atoms with E-state index in [1.807, 2.05) is 36.1 Å². The third kappa shape index (κ3) is 1.76. The number of likely N-dealkylation sites (tertiary alicyclic amines) is 1. The highest BCUT2D eigenvalue weighted by Gasteiger charge is 2.37. The maximum absolute atomic E-state index is 11.7. The summed E-state index contributed by atoms with van der Waals surface area (Å²) in [6.07, 6.45) is 0.433. The summed E-state index contributed by atoms with van der Waals surface area (Å²) in [4.78, 5) is 13.5. The van der Waals surface area contributed by atoms with Crippen molar-refractivity contribution in [3.8, 4) is 0 Å². The molecule has 0 unspecified atom stereocenters. The second-order valence-corrected chi connectivity index (χ2v) is 4.16. The van der Waals surface area contributed by atoms with Crippen LogP contribution in [0.25, 0.3) is 0 Å². The van der Waals surface area contributed by atoms with Crippen LogP contribution in [0.1, 0.15) is 24.9 Å². The molecule has 1 fully saturated rings. The molecule has 4 N–H and O–H groups in total. The van der Waals surface area contributed by atoms with Gasteiger partial charge >= 0.3 is 0 Å². The van der Waals surface area contributed by atoms with Gasteiger partial charge in [-0.25, -0.2) is 0 Å². The van der Waals surface area contributed by atoms with Crippen LogP contribution in [0.3, 0.4) is 0 Å². The zero-order chi connectivity index (χ0) is 11.7. The summed E-state index contributed by atoms with van der Waals surface area (Å²) in [6.45, 7) is 2.67. The highest BCUT2D eigenvalue weighted by atomic mass is 16.2. The molecule has 0 saturated carbocycles. The van der Waals surface area contributed by atoms with E-state index in [1.165, 1.54) is 0 Å². The molecule has 1 amide bonds. The Labute approximate surface area is 95.2 Å². The minimum atomic E-state index is -0.115. The number of nitrogens with zero attached hydrogens (tertiary/aromatic N) is 1. The van der Waals surface area contributed by atoms with E-state index >= 15 is 0 Å². The van der Waals surface area contributed by atoms with E-state index in [1.54, 1.807) is 0 Å². The summed E-state index contributed by atoms with van der Waals surface area (Å²) in [7, 11) is 0. The van der Waals surface area contributed by atoms with Crippen LogP contribution in [0.2, 0.25) is 0 Å². The number of hydrogen-bond donors (Lipinski definition) is 2. The predicted molar refractivity (Wildman–Crippen MR) is 63.6 cm³/mol. The fraction of sp³-hybridized carbons (Fsp3) is 0.417. The number of benzene rings is 1. The number of nitrogen functional groups attached to an aromatic ring is 1. The smallest absolute Gasteiger partial charge is 0.224 e. The molecule has 16 heavy (non-hydrogen) atoms. The quantitative estimate of drug-likeness (QED) is 0.725. The molecular weight excluding hydrogens is 202 g/mol. The molecule has 1 aliphatic rings. The van der Waals surface area contributed by atoms with Crippen LogP contribution in [0.5, 0.6) is 0 Å². The van der Waals surface area contributed by atoms with Crippen LogP contribution in [0.15, 0.2) is 24.3 Å². The Balaban J connectivity index is 2.31. The van der Waals surface area contributed by atoms with Gasteiger partial charge in [-0.3, -0.25) is 4.79 Å². The standard InChI is InChI=1S/C12H17N3O/c1-2-15-11(16)7-10(14)12(15)8-3-5-9(13)6-4-8/h3-6,10,12H,2,7,13-14H2,1H3/t10-,12+/m0/s1. The number of carbonyl (C=O) groups is 1. The molecule has 1 heterocycles. The van der Waals surface area contributed by atoms with E-state index in [4.69, 9.17) is 11.5 Å². The van der Waals surface area contributed by atoms with Crippen molar-refractivity contribution in [3.05, 3.63) is 29.8 Å². The average molecular weight is 219 g/mol. The summed E-state index contributed by atoms with van der Waals surface area (Å²) >= 11 is 0. The zero-order valence-electron chi connectivity index (χ0n) is 9.39. The van der Waals surface area contributed by atoms with Gasteiger partial charge in [0, 0.05) is 24.7 Å². The first kappa shape index (κ1) is 11.0. The Hall–Kier alpha value is -1.55. The topological polar surface area (TPSA) is 72.3 Å². The number of anilines is 1. The van der Waals surface area contributed by atoms with Crippen molar-refractivity contribution in [2.45, 2.75) is 25.4 Å². The predicted octanol–water partition coefficient (Wildman–Crippen LogP) is 0.889. The Bertz CT molecular complexity index is 388. The Morgan fingerprint density at radius 3 is 2.56 bits per heavy atom. The minimum absolute atomic E-state index is 0.00176. The van der Waals surface area contributed by atoms with Gasteiger partial charge < -0.3 is 16.4 Å². The van der Waals surface area contributed by atoms with E-state index in [9.17, 15) is 4.79 Å². The number of likely N-dealkylation sites (N-methyl/N-ethyl adjacent to an activating group) is 1. The highest BCUT2D eigenvalue weighted by Crippen LogP contribution is 2.31. The lowest BCUT2D eigenvalue weighted by Crippen LogP contribution is -2.32. The summed E-state index contributed by atoms with van der Waals surface area (Å²) in [6, 6.07) is 7.47. The number of amides is 1. The van der Waals surface area contributed by atoms with Crippen LogP contribution in [-0.4, -0.2) is 23.4 Å². The lowest BCUT2D eigenvalue weighted by molar-refractivity contribution is -0.128. The maximum atomic E-state index is 11.7. The third-order valence-corrected chi connectivity index (χ3v) is 3.09. The molecule has 86 valence electrons. The molecule has 1 aliphatic heterocycles. The van der Waals surface area contributed by atoms with Crippen molar-refractivity contribution in [3.63, 3.8) is 0 Å². The van der Waals surface area contributed by atoms with E-state index in [0.29, 0.717) is 13.0 Å². The fourth-order valence-corrected chi connectivity index (χ4v) is 2.31. The van der Waals surface area contributed by atoms with Gasteiger partial charge in [0.2, 0.25) is 5.91 Å². The van der Waals surface area contributed by atoms with E-state index < -0.39 is 0 Å². The Morgan fingerprint density at radius 2 is 2.00 bits per heavy atom. The van der Waals surface area contributed by atoms with Gasteiger partial charge in [0.05, 0.1) is 6.04 Å². The van der Waals surface area contributed by atoms with E-state index in [0.717, 1.165) is 11.3 Å². The molecule has 2 rings (SSSR count). The minimum Gasteiger partial charge on any atom is -0.399 e. The van der Waals surface area contributed by atoms with Crippen molar-refractivity contribution < 1.29 is 4.79 Å². The van der Waals surface area contributed by atoms with Gasteiger partial charge in [-0.05, 0) is 24.6 Å². The molecule has 0 bridgehead atoms. The zero-order valence-corrected chi connectivity index (χ0v) is 9.39. The van der Waals surface area contributed by atoms with Gasteiger partial charge in [-0.1, -0.05) is 12.1 Å². The molecule has 2 atom stereocenters. The van der Waals surface area contributed by atoms with Crippen molar-refractivity contribution in [2.24, 2.45) is 5.73 Å². The molecule has 0 spiro atoms. The summed E-state index contributed by atoms with van der Waals surface area (Å²) in [5, 5.41) is 0. The third-order valence-electron chi connectivity index (χ3n) is 3.09. The van der Waals surface area contributed by atoms with Crippen molar-refractivity contribution >= 4 is 11.6 Å². The van der Waals surface area contributed by atoms with Gasteiger partial charge in [0.1, 0.15) is 0 Å². The summed E-state index contributed by atoms with van der Waals surface area (Å²) in [5.41, 5.74) is 13.4.